The van der Waals surface area contributed by atoms with E-state index in [9.17, 15) is 24.1 Å². The standard InChI is InChI=1S/C37H39F2N4O13P/c1-20(2)53-33(45)21(3)42-57(48,56-27-12-8-10-22-9-6-7-11-26(22)27)52-19-29-32(44)37(38,39)34(55-29)43-14-13-30(40-35(43)46)41-36(47)51-18-25-16-23-15-24(49-4)17-28(50-5)31(23)54-25/h6-17,20-21,29,32,34,44H,18-19H2,1-5H3,(H,42,48)(H,40,41,46,47)/t21-,29+,32+,34+,57?/m0/s1. The Morgan fingerprint density at radius 1 is 1.02 bits per heavy atom. The molecular weight excluding hydrogens is 777 g/mol. The van der Waals surface area contributed by atoms with Gasteiger partial charge in [0.05, 0.1) is 26.9 Å². The zero-order valence-electron chi connectivity index (χ0n) is 31.2. The molecule has 304 valence electrons. The van der Waals surface area contributed by atoms with Crippen LogP contribution in [-0.2, 0) is 34.7 Å². The Morgan fingerprint density at radius 3 is 2.49 bits per heavy atom. The Kier molecular flexibility index (Phi) is 12.2. The second kappa shape index (κ2) is 16.9. The number of fused-ring (bicyclic) bond motifs is 2. The Morgan fingerprint density at radius 2 is 1.77 bits per heavy atom. The Balaban J connectivity index is 1.13. The van der Waals surface area contributed by atoms with Crippen molar-refractivity contribution in [3.05, 3.63) is 89.2 Å². The van der Waals surface area contributed by atoms with E-state index in [1.807, 2.05) is 0 Å². The molecule has 2 aromatic heterocycles. The van der Waals surface area contributed by atoms with Gasteiger partial charge in [0.2, 0.25) is 6.23 Å². The maximum atomic E-state index is 15.5. The fourth-order valence-corrected chi connectivity index (χ4v) is 7.34. The summed E-state index contributed by atoms with van der Waals surface area (Å²) < 4.78 is 89.0. The second-order valence-corrected chi connectivity index (χ2v) is 14.7. The lowest BCUT2D eigenvalue weighted by Gasteiger charge is -2.25. The number of aliphatic hydroxyl groups excluding tert-OH is 1. The Hall–Kier alpha value is -5.59. The van der Waals surface area contributed by atoms with Crippen LogP contribution >= 0.6 is 7.75 Å². The van der Waals surface area contributed by atoms with Crippen LogP contribution in [0.15, 0.2) is 82.1 Å². The average molecular weight is 817 g/mol. The number of aromatic nitrogens is 2. The van der Waals surface area contributed by atoms with E-state index in [2.05, 4.69) is 15.4 Å². The number of halogens is 2. The van der Waals surface area contributed by atoms with Gasteiger partial charge in [-0.2, -0.15) is 18.9 Å². The lowest BCUT2D eigenvalue weighted by atomic mass is 10.1. The minimum absolute atomic E-state index is 0.0795. The predicted octanol–water partition coefficient (Wildman–Crippen LogP) is 5.94. The van der Waals surface area contributed by atoms with E-state index in [1.54, 1.807) is 68.4 Å². The molecule has 0 aliphatic carbocycles. The van der Waals surface area contributed by atoms with E-state index >= 15 is 8.78 Å². The third kappa shape index (κ3) is 9.19. The molecule has 1 fully saturated rings. The van der Waals surface area contributed by atoms with E-state index in [0.717, 1.165) is 12.3 Å². The van der Waals surface area contributed by atoms with Gasteiger partial charge in [-0.05, 0) is 50.4 Å². The normalized spacial score (nSPS) is 19.2. The molecule has 5 aromatic rings. The molecule has 1 saturated heterocycles. The van der Waals surface area contributed by atoms with Crippen molar-refractivity contribution >= 4 is 47.4 Å². The number of ether oxygens (including phenoxy) is 5. The summed E-state index contributed by atoms with van der Waals surface area (Å²) in [6, 6.07) is 16.6. The molecule has 3 heterocycles. The van der Waals surface area contributed by atoms with Crippen molar-refractivity contribution in [2.75, 3.05) is 26.1 Å². The lowest BCUT2D eigenvalue weighted by molar-refractivity contribution is -0.149. The number of alkyl halides is 2. The Labute approximate surface area is 323 Å². The van der Waals surface area contributed by atoms with Gasteiger partial charge in [0.15, 0.2) is 24.0 Å². The molecule has 1 aliphatic rings. The van der Waals surface area contributed by atoms with Crippen LogP contribution in [0, 0.1) is 0 Å². The first-order chi connectivity index (χ1) is 27.1. The van der Waals surface area contributed by atoms with Crippen molar-refractivity contribution < 1.29 is 65.2 Å². The van der Waals surface area contributed by atoms with Gasteiger partial charge in [-0.1, -0.05) is 36.4 Å². The lowest BCUT2D eigenvalue weighted by Crippen LogP contribution is -2.42. The molecule has 57 heavy (non-hydrogen) atoms. The molecule has 0 spiro atoms. The van der Waals surface area contributed by atoms with Crippen LogP contribution in [0.4, 0.5) is 19.4 Å². The largest absolute Gasteiger partial charge is 0.497 e. The highest BCUT2D eigenvalue weighted by molar-refractivity contribution is 7.52. The number of methoxy groups -OCH3 is 2. The molecule has 0 radical (unpaired) electrons. The summed E-state index contributed by atoms with van der Waals surface area (Å²) in [5, 5.41) is 17.2. The van der Waals surface area contributed by atoms with Gasteiger partial charge in [-0.15, -0.1) is 0 Å². The smallest absolute Gasteiger partial charge is 0.459 e. The van der Waals surface area contributed by atoms with Gasteiger partial charge in [0.25, 0.3) is 0 Å². The number of anilines is 1. The number of aliphatic hydroxyl groups is 1. The van der Waals surface area contributed by atoms with Crippen LogP contribution in [0.5, 0.6) is 17.2 Å². The van der Waals surface area contributed by atoms with Crippen molar-refractivity contribution in [3.8, 4) is 17.2 Å². The van der Waals surface area contributed by atoms with Crippen LogP contribution < -0.4 is 30.1 Å². The molecule has 5 atom stereocenters. The number of benzene rings is 3. The molecular formula is C37H39F2N4O13P. The molecule has 1 aliphatic heterocycles. The van der Waals surface area contributed by atoms with Crippen LogP contribution in [0.3, 0.4) is 0 Å². The van der Waals surface area contributed by atoms with Gasteiger partial charge in [-0.25, -0.2) is 14.2 Å². The first-order valence-corrected chi connectivity index (χ1v) is 18.9. The maximum Gasteiger partial charge on any atom is 0.459 e. The molecule has 3 aromatic carbocycles. The monoisotopic (exact) mass is 816 g/mol. The highest BCUT2D eigenvalue weighted by atomic mass is 31.2. The summed E-state index contributed by atoms with van der Waals surface area (Å²) >= 11 is 0. The number of hydrogen-bond donors (Lipinski definition) is 3. The van der Waals surface area contributed by atoms with Gasteiger partial charge in [-0.3, -0.25) is 19.2 Å². The van der Waals surface area contributed by atoms with Crippen molar-refractivity contribution in [2.24, 2.45) is 0 Å². The minimum atomic E-state index is -4.62. The topological polar surface area (TPSA) is 208 Å². The number of nitrogens with one attached hydrogen (secondary N) is 2. The maximum absolute atomic E-state index is 15.5. The van der Waals surface area contributed by atoms with Gasteiger partial charge in [0, 0.05) is 23.0 Å². The summed E-state index contributed by atoms with van der Waals surface area (Å²) in [7, 11) is -1.67. The number of amides is 1. The molecule has 1 unspecified atom stereocenters. The third-order valence-electron chi connectivity index (χ3n) is 8.53. The highest BCUT2D eigenvalue weighted by Gasteiger charge is 2.60. The van der Waals surface area contributed by atoms with Gasteiger partial charge < -0.3 is 37.7 Å². The number of furan rings is 1. The number of esters is 1. The van der Waals surface area contributed by atoms with Gasteiger partial charge >= 0.3 is 31.4 Å². The first-order valence-electron chi connectivity index (χ1n) is 17.4. The number of carbonyl (C=O) groups is 2. The van der Waals surface area contributed by atoms with E-state index in [0.29, 0.717) is 37.8 Å². The fourth-order valence-electron chi connectivity index (χ4n) is 5.82. The molecule has 6 rings (SSSR count). The predicted molar refractivity (Wildman–Crippen MR) is 198 cm³/mol. The average Bonchev–Trinajstić information content (AvgIpc) is 3.69. The van der Waals surface area contributed by atoms with E-state index in [-0.39, 0.29) is 23.9 Å². The SMILES string of the molecule is COc1cc(OC)c2oc(COC(=O)Nc3ccn([C@@H]4O[C@H](COP(=O)(N[C@@H](C)C(=O)OC(C)C)Oc5cccc6ccccc56)[C@@H](O)C4(F)F)c(=O)n3)cc2c1. The quantitative estimate of drug-likeness (QED) is 0.0826. The van der Waals surface area contributed by atoms with E-state index in [4.69, 9.17) is 37.1 Å². The zero-order chi connectivity index (χ0) is 41.1. The molecule has 0 saturated carbocycles. The molecule has 0 bridgehead atoms. The summed E-state index contributed by atoms with van der Waals surface area (Å²) in [5.74, 6) is -4.00. The van der Waals surface area contributed by atoms with Crippen LogP contribution in [0.2, 0.25) is 0 Å². The second-order valence-electron chi connectivity index (χ2n) is 13.0. The number of nitrogens with zero attached hydrogens (tertiary/aromatic N) is 2. The summed E-state index contributed by atoms with van der Waals surface area (Å²) in [6.07, 6.45) is -7.53. The highest BCUT2D eigenvalue weighted by Crippen LogP contribution is 2.49. The first kappa shape index (κ1) is 41.1. The van der Waals surface area contributed by atoms with E-state index in [1.165, 1.54) is 27.2 Å². The van der Waals surface area contributed by atoms with Crippen LogP contribution in [-0.4, -0.2) is 77.8 Å². The molecule has 3 N–H and O–H groups in total. The fraction of sp³-hybridized carbons (Fsp3) is 0.351. The number of carbonyl (C=O) groups excluding carboxylic acids is 2. The van der Waals surface area contributed by atoms with Crippen LogP contribution in [0.1, 0.15) is 32.8 Å². The zero-order valence-corrected chi connectivity index (χ0v) is 32.1. The minimum Gasteiger partial charge on any atom is -0.497 e. The van der Waals surface area contributed by atoms with E-state index < -0.39 is 68.6 Å². The summed E-state index contributed by atoms with van der Waals surface area (Å²) in [5.41, 5.74) is -0.889. The number of hydrogen-bond acceptors (Lipinski definition) is 14. The number of rotatable bonds is 15. The van der Waals surface area contributed by atoms with Crippen molar-refractivity contribution in [1.29, 1.82) is 0 Å². The van der Waals surface area contributed by atoms with Gasteiger partial charge in [0.1, 0.15) is 35.2 Å². The van der Waals surface area contributed by atoms with Crippen LogP contribution in [0.25, 0.3) is 21.7 Å². The van der Waals surface area contributed by atoms with Crippen molar-refractivity contribution in [2.45, 2.75) is 63.9 Å². The van der Waals surface area contributed by atoms with Crippen molar-refractivity contribution in [1.82, 2.24) is 14.6 Å². The molecule has 20 heteroatoms. The molecule has 1 amide bonds. The van der Waals surface area contributed by atoms with Crippen molar-refractivity contribution in [3.63, 3.8) is 0 Å². The summed E-state index contributed by atoms with van der Waals surface area (Å²) in [4.78, 5) is 41.7. The molecule has 17 nitrogen and oxygen atoms in total. The Bertz CT molecular complexity index is 2370. The third-order valence-corrected chi connectivity index (χ3v) is 10.2. The summed E-state index contributed by atoms with van der Waals surface area (Å²) in [6.45, 7) is 3.29.